The summed E-state index contributed by atoms with van der Waals surface area (Å²) in [5, 5.41) is 0. The first kappa shape index (κ1) is 28.4. The maximum absolute atomic E-state index is 13.2. The molecule has 4 aromatic rings. The monoisotopic (exact) mass is 564 g/mol. The van der Waals surface area contributed by atoms with Gasteiger partial charge in [0.25, 0.3) is 0 Å². The first-order valence-corrected chi connectivity index (χ1v) is 15.3. The van der Waals surface area contributed by atoms with E-state index in [0.29, 0.717) is 22.3 Å². The van der Waals surface area contributed by atoms with E-state index in [9.17, 15) is 16.8 Å². The molecule has 8 heteroatoms. The van der Waals surface area contributed by atoms with Gasteiger partial charge in [-0.3, -0.25) is 0 Å². The molecule has 0 aliphatic rings. The van der Waals surface area contributed by atoms with Crippen LogP contribution in [0.15, 0.2) is 94.7 Å². The van der Waals surface area contributed by atoms with E-state index in [1.165, 1.54) is 24.3 Å². The van der Waals surface area contributed by atoms with Gasteiger partial charge in [0.2, 0.25) is 0 Å². The molecule has 0 bridgehead atoms. The van der Waals surface area contributed by atoms with Crippen LogP contribution in [0.2, 0.25) is 0 Å². The molecule has 0 radical (unpaired) electrons. The Hall–Kier alpha value is -3.62. The fourth-order valence-corrected chi connectivity index (χ4v) is 6.39. The first-order valence-electron chi connectivity index (χ1n) is 12.4. The minimum atomic E-state index is -4.13. The second kappa shape index (κ2) is 10.5. The molecule has 0 aromatic heterocycles. The average Bonchev–Trinajstić information content (AvgIpc) is 2.86. The molecule has 0 amide bonds. The highest BCUT2D eigenvalue weighted by Crippen LogP contribution is 2.44. The maximum Gasteiger partial charge on any atom is 0.339 e. The van der Waals surface area contributed by atoms with E-state index in [1.54, 1.807) is 62.4 Å². The Morgan fingerprint density at radius 1 is 0.513 bits per heavy atom. The van der Waals surface area contributed by atoms with Crippen LogP contribution in [0.1, 0.15) is 47.2 Å². The fourth-order valence-electron chi connectivity index (χ4n) is 4.38. The number of aryl methyl sites for hydroxylation is 4. The molecule has 0 saturated carbocycles. The second-order valence-corrected chi connectivity index (χ2v) is 13.3. The predicted molar refractivity (Wildman–Crippen MR) is 152 cm³/mol. The molecular formula is C31H32O6S2. The van der Waals surface area contributed by atoms with Gasteiger partial charge in [-0.2, -0.15) is 16.8 Å². The van der Waals surface area contributed by atoms with Gasteiger partial charge in [0, 0.05) is 16.5 Å². The van der Waals surface area contributed by atoms with Gasteiger partial charge in [-0.05, 0) is 63.1 Å². The molecule has 0 unspecified atom stereocenters. The van der Waals surface area contributed by atoms with Crippen molar-refractivity contribution < 1.29 is 25.2 Å². The van der Waals surface area contributed by atoms with E-state index in [2.05, 4.69) is 0 Å². The smallest absolute Gasteiger partial charge is 0.339 e. The molecular weight excluding hydrogens is 532 g/mol. The second-order valence-electron chi connectivity index (χ2n) is 10.2. The van der Waals surface area contributed by atoms with Gasteiger partial charge in [0.05, 0.1) is 0 Å². The van der Waals surface area contributed by atoms with Crippen LogP contribution < -0.4 is 8.37 Å². The van der Waals surface area contributed by atoms with Gasteiger partial charge in [0.1, 0.15) is 21.3 Å². The van der Waals surface area contributed by atoms with Gasteiger partial charge in [0.15, 0.2) is 0 Å². The van der Waals surface area contributed by atoms with Crippen molar-refractivity contribution >= 4 is 20.2 Å². The zero-order valence-electron chi connectivity index (χ0n) is 22.8. The third-order valence-electron chi connectivity index (χ3n) is 6.78. The van der Waals surface area contributed by atoms with Crippen LogP contribution >= 0.6 is 0 Å². The van der Waals surface area contributed by atoms with Gasteiger partial charge in [-0.1, -0.05) is 85.6 Å². The molecule has 0 atom stereocenters. The summed E-state index contributed by atoms with van der Waals surface area (Å²) in [6, 6.07) is 23.6. The van der Waals surface area contributed by atoms with Crippen molar-refractivity contribution in [2.75, 3.05) is 0 Å². The van der Waals surface area contributed by atoms with Crippen molar-refractivity contribution in [1.82, 2.24) is 0 Å². The van der Waals surface area contributed by atoms with Crippen molar-refractivity contribution in [2.24, 2.45) is 0 Å². The van der Waals surface area contributed by atoms with E-state index in [0.717, 1.165) is 11.1 Å². The van der Waals surface area contributed by atoms with Crippen molar-refractivity contribution in [1.29, 1.82) is 0 Å². The number of hydrogen-bond acceptors (Lipinski definition) is 6. The molecule has 0 saturated heterocycles. The Balaban J connectivity index is 1.81. The maximum atomic E-state index is 13.2. The van der Waals surface area contributed by atoms with Crippen LogP contribution in [0, 0.1) is 27.7 Å². The number of rotatable bonds is 8. The highest BCUT2D eigenvalue weighted by molar-refractivity contribution is 7.87. The van der Waals surface area contributed by atoms with Gasteiger partial charge < -0.3 is 8.37 Å². The van der Waals surface area contributed by atoms with E-state index in [1.807, 2.05) is 39.8 Å². The highest BCUT2D eigenvalue weighted by atomic mass is 32.2. The SMILES string of the molecule is Cc1ccc(S(=O)(=O)Oc2c(C)cccc2C(C)(C)c2cccc(C)c2OS(=O)(=O)c2ccc(C)cc2)cc1. The normalized spacial score (nSPS) is 12.3. The summed E-state index contributed by atoms with van der Waals surface area (Å²) >= 11 is 0. The van der Waals surface area contributed by atoms with Gasteiger partial charge >= 0.3 is 20.2 Å². The van der Waals surface area contributed by atoms with Crippen LogP contribution in [0.5, 0.6) is 11.5 Å². The summed E-state index contributed by atoms with van der Waals surface area (Å²) in [7, 11) is -8.26. The van der Waals surface area contributed by atoms with Crippen LogP contribution in [-0.4, -0.2) is 16.8 Å². The zero-order valence-corrected chi connectivity index (χ0v) is 24.5. The molecule has 0 heterocycles. The van der Waals surface area contributed by atoms with Gasteiger partial charge in [-0.25, -0.2) is 0 Å². The lowest BCUT2D eigenvalue weighted by Crippen LogP contribution is -2.24. The zero-order chi connectivity index (χ0) is 28.6. The number of hydrogen-bond donors (Lipinski definition) is 0. The molecule has 0 aliphatic heterocycles. The minimum absolute atomic E-state index is 0.0453. The number of para-hydroxylation sites is 2. The van der Waals surface area contributed by atoms with Crippen molar-refractivity contribution in [3.63, 3.8) is 0 Å². The summed E-state index contributed by atoms with van der Waals surface area (Å²) in [5.74, 6) is 0.383. The molecule has 0 fully saturated rings. The minimum Gasteiger partial charge on any atom is -0.378 e. The molecule has 4 aromatic carbocycles. The Morgan fingerprint density at radius 2 is 0.846 bits per heavy atom. The van der Waals surface area contributed by atoms with E-state index < -0.39 is 25.7 Å². The molecule has 204 valence electrons. The molecule has 0 aliphatic carbocycles. The van der Waals surface area contributed by atoms with E-state index >= 15 is 0 Å². The first-order chi connectivity index (χ1) is 18.2. The van der Waals surface area contributed by atoms with Gasteiger partial charge in [-0.15, -0.1) is 0 Å². The molecule has 4 rings (SSSR count). The average molecular weight is 565 g/mol. The number of benzene rings is 4. The Kier molecular flexibility index (Phi) is 7.65. The molecule has 6 nitrogen and oxygen atoms in total. The third-order valence-corrected chi connectivity index (χ3v) is 9.25. The third kappa shape index (κ3) is 5.87. The van der Waals surface area contributed by atoms with E-state index in [4.69, 9.17) is 8.37 Å². The van der Waals surface area contributed by atoms with Crippen LogP contribution in [0.4, 0.5) is 0 Å². The molecule has 0 N–H and O–H groups in total. The van der Waals surface area contributed by atoms with E-state index in [-0.39, 0.29) is 21.3 Å². The Morgan fingerprint density at radius 3 is 1.18 bits per heavy atom. The van der Waals surface area contributed by atoms with Crippen LogP contribution in [-0.2, 0) is 25.7 Å². The highest BCUT2D eigenvalue weighted by Gasteiger charge is 2.34. The summed E-state index contributed by atoms with van der Waals surface area (Å²) in [5.41, 5.74) is 3.34. The fraction of sp³-hybridized carbons (Fsp3) is 0.226. The van der Waals surface area contributed by atoms with Crippen molar-refractivity contribution in [3.8, 4) is 11.5 Å². The molecule has 0 spiro atoms. The summed E-state index contributed by atoms with van der Waals surface area (Å²) in [6.07, 6.45) is 0. The quantitative estimate of drug-likeness (QED) is 0.219. The molecule has 39 heavy (non-hydrogen) atoms. The lowest BCUT2D eigenvalue weighted by molar-refractivity contribution is 0.463. The largest absolute Gasteiger partial charge is 0.378 e. The standard InChI is InChI=1S/C31H32O6S2/c1-21-13-17-25(18-14-21)38(32,33)36-29-23(3)9-7-11-27(29)31(5,6)28-12-8-10-24(4)30(28)37-39(34,35)26-19-15-22(2)16-20-26/h7-20H,1-6H3. The summed E-state index contributed by atoms with van der Waals surface area (Å²) in [6.45, 7) is 11.1. The lowest BCUT2D eigenvalue weighted by atomic mass is 9.76. The van der Waals surface area contributed by atoms with Crippen LogP contribution in [0.25, 0.3) is 0 Å². The lowest BCUT2D eigenvalue weighted by Gasteiger charge is -2.30. The van der Waals surface area contributed by atoms with Crippen molar-refractivity contribution in [2.45, 2.75) is 56.7 Å². The topological polar surface area (TPSA) is 86.7 Å². The van der Waals surface area contributed by atoms with Crippen LogP contribution in [0.3, 0.4) is 0 Å². The summed E-state index contributed by atoms with van der Waals surface area (Å²) < 4.78 is 64.5. The predicted octanol–water partition coefficient (Wildman–Crippen LogP) is 6.78. The Bertz CT molecular complexity index is 1590. The van der Waals surface area contributed by atoms with Crippen molar-refractivity contribution in [3.05, 3.63) is 118 Å². The summed E-state index contributed by atoms with van der Waals surface area (Å²) in [4.78, 5) is 0.0905. The Labute approximate surface area is 231 Å².